The van der Waals surface area contributed by atoms with Gasteiger partial charge in [0, 0.05) is 17.3 Å². The van der Waals surface area contributed by atoms with Crippen LogP contribution in [0.1, 0.15) is 20.9 Å². The van der Waals surface area contributed by atoms with Crippen LogP contribution in [0.2, 0.25) is 0 Å². The molecule has 9 heteroatoms. The predicted molar refractivity (Wildman–Crippen MR) is 114 cm³/mol. The Morgan fingerprint density at radius 3 is 2.40 bits per heavy atom. The Balaban J connectivity index is 1.52. The lowest BCUT2D eigenvalue weighted by Crippen LogP contribution is -2.12. The molecule has 0 aliphatic carbocycles. The number of nitrogens with one attached hydrogen (secondary N) is 2. The molecule has 30 heavy (non-hydrogen) atoms. The van der Waals surface area contributed by atoms with Crippen LogP contribution >= 0.6 is 11.3 Å². The number of amides is 2. The van der Waals surface area contributed by atoms with Crippen molar-refractivity contribution in [3.63, 3.8) is 0 Å². The highest BCUT2D eigenvalue weighted by Crippen LogP contribution is 2.29. The third-order valence-corrected chi connectivity index (χ3v) is 5.16. The van der Waals surface area contributed by atoms with Crippen LogP contribution < -0.4 is 20.1 Å². The Morgan fingerprint density at radius 1 is 0.967 bits per heavy atom. The van der Waals surface area contributed by atoms with E-state index in [-0.39, 0.29) is 17.6 Å². The topological polar surface area (TPSA) is 103 Å². The maximum atomic E-state index is 12.7. The van der Waals surface area contributed by atoms with Gasteiger partial charge in [0.15, 0.2) is 10.9 Å². The molecule has 0 radical (unpaired) electrons. The zero-order valence-corrected chi connectivity index (χ0v) is 16.9. The van der Waals surface area contributed by atoms with Crippen molar-refractivity contribution >= 4 is 44.2 Å². The van der Waals surface area contributed by atoms with Crippen LogP contribution in [-0.4, -0.2) is 31.0 Å². The number of fused-ring (bicyclic) bond motifs is 1. The number of hydrogen-bond donors (Lipinski definition) is 2. The molecule has 4 rings (SSSR count). The van der Waals surface area contributed by atoms with E-state index in [1.54, 1.807) is 48.5 Å². The lowest BCUT2D eigenvalue weighted by molar-refractivity contribution is 0.0994. The molecule has 0 unspecified atom stereocenters. The monoisotopic (exact) mass is 423 g/mol. The van der Waals surface area contributed by atoms with Crippen molar-refractivity contribution in [2.45, 2.75) is 0 Å². The summed E-state index contributed by atoms with van der Waals surface area (Å²) in [6.07, 6.45) is 1.43. The Labute approximate surface area is 175 Å². The first-order chi connectivity index (χ1) is 14.6. The molecule has 0 aliphatic rings. The Morgan fingerprint density at radius 2 is 1.73 bits per heavy atom. The summed E-state index contributed by atoms with van der Waals surface area (Å²) in [4.78, 5) is 29.2. The van der Waals surface area contributed by atoms with Crippen LogP contribution in [0, 0.1) is 0 Å². The van der Waals surface area contributed by atoms with Gasteiger partial charge in [-0.1, -0.05) is 11.3 Å². The number of carbonyl (C=O) groups excluding carboxylic acids is 2. The van der Waals surface area contributed by atoms with E-state index in [1.807, 2.05) is 0 Å². The molecule has 152 valence electrons. The summed E-state index contributed by atoms with van der Waals surface area (Å²) < 4.78 is 16.3. The molecule has 0 saturated heterocycles. The number of rotatable bonds is 6. The van der Waals surface area contributed by atoms with Gasteiger partial charge in [-0.25, -0.2) is 4.98 Å². The molecule has 0 fully saturated rings. The smallest absolute Gasteiger partial charge is 0.293 e. The molecule has 0 spiro atoms. The van der Waals surface area contributed by atoms with Gasteiger partial charge in [-0.2, -0.15) is 0 Å². The minimum atomic E-state index is -0.375. The fraction of sp³-hybridized carbons (Fsp3) is 0.0952. The summed E-state index contributed by atoms with van der Waals surface area (Å²) in [5, 5.41) is 5.99. The number of hydrogen-bond acceptors (Lipinski definition) is 7. The number of ether oxygens (including phenoxy) is 2. The van der Waals surface area contributed by atoms with Crippen molar-refractivity contribution in [1.29, 1.82) is 0 Å². The molecule has 4 aromatic rings. The first kappa shape index (κ1) is 19.5. The first-order valence-electron chi connectivity index (χ1n) is 8.85. The third-order valence-electron chi connectivity index (χ3n) is 4.23. The lowest BCUT2D eigenvalue weighted by Gasteiger charge is -2.09. The maximum absolute atomic E-state index is 12.7. The summed E-state index contributed by atoms with van der Waals surface area (Å²) in [6.45, 7) is 0. The van der Waals surface area contributed by atoms with Gasteiger partial charge in [-0.3, -0.25) is 14.9 Å². The second-order valence-electron chi connectivity index (χ2n) is 6.19. The molecule has 2 amide bonds. The van der Waals surface area contributed by atoms with Crippen molar-refractivity contribution in [3.05, 3.63) is 66.1 Å². The van der Waals surface area contributed by atoms with Gasteiger partial charge in [0.25, 0.3) is 11.8 Å². The Kier molecular flexibility index (Phi) is 5.36. The van der Waals surface area contributed by atoms with Crippen LogP contribution in [0.15, 0.2) is 59.2 Å². The standard InChI is InChI=1S/C21H17N3O5S/c1-27-14-8-12(9-15(11-14)28-2)19(25)22-13-5-6-16-18(10-13)30-21(23-16)24-20(26)17-4-3-7-29-17/h3-11H,1-2H3,(H,22,25)(H,23,24,26). The van der Waals surface area contributed by atoms with E-state index in [2.05, 4.69) is 15.6 Å². The fourth-order valence-electron chi connectivity index (χ4n) is 2.76. The predicted octanol–water partition coefficient (Wildman–Crippen LogP) is 4.41. The summed E-state index contributed by atoms with van der Waals surface area (Å²) in [7, 11) is 3.05. The molecular weight excluding hydrogens is 406 g/mol. The van der Waals surface area contributed by atoms with Gasteiger partial charge in [0.05, 0.1) is 30.7 Å². The molecule has 0 bridgehead atoms. The second-order valence-corrected chi connectivity index (χ2v) is 7.22. The number of aromatic nitrogens is 1. The van der Waals surface area contributed by atoms with Crippen LogP contribution in [0.3, 0.4) is 0 Å². The Hall–Kier alpha value is -3.85. The van der Waals surface area contributed by atoms with Gasteiger partial charge in [0.2, 0.25) is 0 Å². The molecular formula is C21H17N3O5S. The molecule has 2 heterocycles. The first-order valence-corrected chi connectivity index (χ1v) is 9.67. The van der Waals surface area contributed by atoms with Crippen LogP contribution in [0.25, 0.3) is 10.2 Å². The van der Waals surface area contributed by atoms with E-state index in [0.717, 1.165) is 4.70 Å². The average molecular weight is 423 g/mol. The number of anilines is 2. The normalized spacial score (nSPS) is 10.6. The quantitative estimate of drug-likeness (QED) is 0.476. The van der Waals surface area contributed by atoms with Gasteiger partial charge in [-0.05, 0) is 42.5 Å². The van der Waals surface area contributed by atoms with Crippen LogP contribution in [0.5, 0.6) is 11.5 Å². The van der Waals surface area contributed by atoms with E-state index in [9.17, 15) is 9.59 Å². The van der Waals surface area contributed by atoms with Gasteiger partial charge in [-0.15, -0.1) is 0 Å². The van der Waals surface area contributed by atoms with Gasteiger partial charge >= 0.3 is 0 Å². The molecule has 0 saturated carbocycles. The van der Waals surface area contributed by atoms with Crippen molar-refractivity contribution in [2.75, 3.05) is 24.9 Å². The maximum Gasteiger partial charge on any atom is 0.293 e. The Bertz CT molecular complexity index is 1190. The highest BCUT2D eigenvalue weighted by Gasteiger charge is 2.14. The van der Waals surface area contributed by atoms with Crippen molar-refractivity contribution < 1.29 is 23.5 Å². The van der Waals surface area contributed by atoms with Crippen molar-refractivity contribution in [2.24, 2.45) is 0 Å². The minimum Gasteiger partial charge on any atom is -0.497 e. The van der Waals surface area contributed by atoms with E-state index >= 15 is 0 Å². The van der Waals surface area contributed by atoms with Crippen molar-refractivity contribution in [1.82, 2.24) is 4.98 Å². The van der Waals surface area contributed by atoms with Crippen molar-refractivity contribution in [3.8, 4) is 11.5 Å². The highest BCUT2D eigenvalue weighted by atomic mass is 32.1. The lowest BCUT2D eigenvalue weighted by atomic mass is 10.1. The number of benzene rings is 2. The molecule has 0 atom stereocenters. The van der Waals surface area contributed by atoms with E-state index in [0.29, 0.717) is 33.4 Å². The highest BCUT2D eigenvalue weighted by molar-refractivity contribution is 7.22. The fourth-order valence-corrected chi connectivity index (χ4v) is 3.66. The SMILES string of the molecule is COc1cc(OC)cc(C(=O)Nc2ccc3nc(NC(=O)c4ccco4)sc3c2)c1. The molecule has 8 nitrogen and oxygen atoms in total. The minimum absolute atomic E-state index is 0.205. The number of furan rings is 1. The third kappa shape index (κ3) is 4.11. The molecule has 2 N–H and O–H groups in total. The summed E-state index contributed by atoms with van der Waals surface area (Å²) in [5.74, 6) is 0.571. The summed E-state index contributed by atoms with van der Waals surface area (Å²) in [5.41, 5.74) is 1.71. The molecule has 0 aliphatic heterocycles. The van der Waals surface area contributed by atoms with Gasteiger partial charge < -0.3 is 19.2 Å². The van der Waals surface area contributed by atoms with E-state index < -0.39 is 0 Å². The van der Waals surface area contributed by atoms with Gasteiger partial charge in [0.1, 0.15) is 11.5 Å². The summed E-state index contributed by atoms with van der Waals surface area (Å²) in [6, 6.07) is 13.5. The van der Waals surface area contributed by atoms with E-state index in [4.69, 9.17) is 13.9 Å². The van der Waals surface area contributed by atoms with Crippen LogP contribution in [0.4, 0.5) is 10.8 Å². The summed E-state index contributed by atoms with van der Waals surface area (Å²) >= 11 is 1.30. The molecule has 2 aromatic heterocycles. The zero-order chi connectivity index (χ0) is 21.1. The number of methoxy groups -OCH3 is 2. The largest absolute Gasteiger partial charge is 0.497 e. The molecule has 2 aromatic carbocycles. The number of thiazole rings is 1. The average Bonchev–Trinajstić information content (AvgIpc) is 3.42. The second kappa shape index (κ2) is 8.26. The number of nitrogens with zero attached hydrogens (tertiary/aromatic N) is 1. The number of carbonyl (C=O) groups is 2. The van der Waals surface area contributed by atoms with E-state index in [1.165, 1.54) is 31.8 Å². The van der Waals surface area contributed by atoms with Crippen LogP contribution in [-0.2, 0) is 0 Å². The zero-order valence-electron chi connectivity index (χ0n) is 16.1.